The quantitative estimate of drug-likeness (QED) is 0.760. The van der Waals surface area contributed by atoms with Crippen LogP contribution in [-0.4, -0.2) is 16.5 Å². The van der Waals surface area contributed by atoms with Crippen LogP contribution in [0.5, 0.6) is 0 Å². The van der Waals surface area contributed by atoms with Crippen LogP contribution in [0.2, 0.25) is 0 Å². The molecule has 1 N–H and O–H groups in total. The van der Waals surface area contributed by atoms with Gasteiger partial charge in [-0.1, -0.05) is 30.3 Å². The minimum Gasteiger partial charge on any atom is -0.273 e. The van der Waals surface area contributed by atoms with Crippen LogP contribution in [0, 0.1) is 0 Å². The first kappa shape index (κ1) is 10.2. The lowest BCUT2D eigenvalue weighted by atomic mass is 9.90. The fourth-order valence-corrected chi connectivity index (χ4v) is 1.84. The van der Waals surface area contributed by atoms with Crippen molar-refractivity contribution in [1.29, 1.82) is 0 Å². The van der Waals surface area contributed by atoms with Crippen LogP contribution < -0.4 is 5.43 Å². The van der Waals surface area contributed by atoms with Crippen molar-refractivity contribution in [3.05, 3.63) is 35.9 Å². The van der Waals surface area contributed by atoms with Crippen molar-refractivity contribution in [3.8, 4) is 0 Å². The smallest absolute Gasteiger partial charge is 0.239 e. The monoisotopic (exact) mass is 204 g/mol. The fourth-order valence-electron chi connectivity index (χ4n) is 1.84. The zero-order valence-electron chi connectivity index (χ0n) is 9.16. The molecule has 3 nitrogen and oxygen atoms in total. The molecule has 0 aliphatic carbocycles. The molecule has 1 saturated heterocycles. The summed E-state index contributed by atoms with van der Waals surface area (Å²) < 4.78 is 0. The number of nitrogens with one attached hydrogen (secondary N) is 1. The molecule has 0 aromatic heterocycles. The number of carbonyl (C=O) groups excluding carboxylic acids is 1. The summed E-state index contributed by atoms with van der Waals surface area (Å²) in [5.74, 6) is 0.177. The van der Waals surface area contributed by atoms with Crippen molar-refractivity contribution >= 4 is 5.91 Å². The van der Waals surface area contributed by atoms with Crippen molar-refractivity contribution in [2.75, 3.05) is 0 Å². The van der Waals surface area contributed by atoms with E-state index in [1.165, 1.54) is 5.56 Å². The summed E-state index contributed by atoms with van der Waals surface area (Å²) >= 11 is 0. The van der Waals surface area contributed by atoms with Gasteiger partial charge in [0.05, 0.1) is 12.0 Å². The zero-order valence-corrected chi connectivity index (χ0v) is 9.16. The maximum absolute atomic E-state index is 11.3. The molecule has 2 rings (SSSR count). The van der Waals surface area contributed by atoms with Crippen molar-refractivity contribution in [1.82, 2.24) is 10.4 Å². The summed E-state index contributed by atoms with van der Waals surface area (Å²) in [6, 6.07) is 10.1. The Morgan fingerprint density at radius 2 is 2.00 bits per heavy atom. The molecule has 1 aromatic rings. The Morgan fingerprint density at radius 3 is 2.53 bits per heavy atom. The Balaban J connectivity index is 1.92. The van der Waals surface area contributed by atoms with Gasteiger partial charge in [0, 0.05) is 6.54 Å². The Labute approximate surface area is 90.1 Å². The number of benzene rings is 1. The molecule has 1 fully saturated rings. The Bertz CT molecular complexity index is 359. The van der Waals surface area contributed by atoms with E-state index >= 15 is 0 Å². The lowest BCUT2D eigenvalue weighted by Crippen LogP contribution is -2.65. The number of hydrogen-bond acceptors (Lipinski definition) is 2. The number of hydrogen-bond donors (Lipinski definition) is 1. The normalized spacial score (nSPS) is 18.8. The van der Waals surface area contributed by atoms with Gasteiger partial charge in [-0.05, 0) is 19.4 Å². The second kappa shape index (κ2) is 3.66. The highest BCUT2D eigenvalue weighted by Gasteiger charge is 2.43. The summed E-state index contributed by atoms with van der Waals surface area (Å²) in [7, 11) is 0. The van der Waals surface area contributed by atoms with Crippen LogP contribution in [0.25, 0.3) is 0 Å². The number of hydrazine groups is 1. The summed E-state index contributed by atoms with van der Waals surface area (Å²) in [6.45, 7) is 4.83. The lowest BCUT2D eigenvalue weighted by molar-refractivity contribution is -0.161. The van der Waals surface area contributed by atoms with Gasteiger partial charge in [0.1, 0.15) is 0 Å². The van der Waals surface area contributed by atoms with Gasteiger partial charge in [0.15, 0.2) is 0 Å². The first-order valence-electron chi connectivity index (χ1n) is 5.20. The molecule has 0 saturated carbocycles. The molecule has 0 spiro atoms. The Hall–Kier alpha value is -1.35. The maximum Gasteiger partial charge on any atom is 0.239 e. The SMILES string of the molecule is CC1(C)CC(=O)N1NCc1ccccc1. The van der Waals surface area contributed by atoms with Gasteiger partial charge >= 0.3 is 0 Å². The van der Waals surface area contributed by atoms with E-state index in [4.69, 9.17) is 0 Å². The van der Waals surface area contributed by atoms with Crippen molar-refractivity contribution in [2.45, 2.75) is 32.4 Å². The minimum absolute atomic E-state index is 0.0358. The van der Waals surface area contributed by atoms with Crippen LogP contribution in [-0.2, 0) is 11.3 Å². The number of nitrogens with zero attached hydrogens (tertiary/aromatic N) is 1. The van der Waals surface area contributed by atoms with Gasteiger partial charge in [0.25, 0.3) is 0 Å². The van der Waals surface area contributed by atoms with Crippen molar-refractivity contribution in [3.63, 3.8) is 0 Å². The molecule has 1 aliphatic rings. The van der Waals surface area contributed by atoms with E-state index in [0.29, 0.717) is 13.0 Å². The van der Waals surface area contributed by atoms with Gasteiger partial charge in [-0.3, -0.25) is 9.80 Å². The highest BCUT2D eigenvalue weighted by atomic mass is 16.2. The topological polar surface area (TPSA) is 32.3 Å². The van der Waals surface area contributed by atoms with Gasteiger partial charge in [-0.2, -0.15) is 0 Å². The minimum atomic E-state index is -0.0358. The highest BCUT2D eigenvalue weighted by molar-refractivity contribution is 5.83. The van der Waals surface area contributed by atoms with Crippen LogP contribution in [0.3, 0.4) is 0 Å². The molecule has 15 heavy (non-hydrogen) atoms. The largest absolute Gasteiger partial charge is 0.273 e. The summed E-state index contributed by atoms with van der Waals surface area (Å²) in [5.41, 5.74) is 4.31. The van der Waals surface area contributed by atoms with Gasteiger partial charge < -0.3 is 0 Å². The third-order valence-electron chi connectivity index (χ3n) is 2.72. The number of carbonyl (C=O) groups is 1. The van der Waals surface area contributed by atoms with Crippen molar-refractivity contribution < 1.29 is 4.79 Å². The Morgan fingerprint density at radius 1 is 1.33 bits per heavy atom. The average molecular weight is 204 g/mol. The number of β-lactam (4-membered cyclic amide) rings is 1. The Kier molecular flexibility index (Phi) is 2.49. The fraction of sp³-hybridized carbons (Fsp3) is 0.417. The molecular formula is C12H16N2O. The summed E-state index contributed by atoms with van der Waals surface area (Å²) in [4.78, 5) is 11.3. The third-order valence-corrected chi connectivity index (χ3v) is 2.72. The molecule has 3 heteroatoms. The van der Waals surface area contributed by atoms with E-state index in [-0.39, 0.29) is 11.4 Å². The van der Waals surface area contributed by atoms with Crippen LogP contribution in [0.15, 0.2) is 30.3 Å². The van der Waals surface area contributed by atoms with E-state index in [0.717, 1.165) is 0 Å². The molecule has 1 amide bonds. The molecule has 1 heterocycles. The van der Waals surface area contributed by atoms with Gasteiger partial charge in [0.2, 0.25) is 5.91 Å². The van der Waals surface area contributed by atoms with E-state index < -0.39 is 0 Å². The van der Waals surface area contributed by atoms with E-state index in [1.807, 2.05) is 30.3 Å². The average Bonchev–Trinajstić information content (AvgIpc) is 2.18. The van der Waals surface area contributed by atoms with Crippen LogP contribution in [0.1, 0.15) is 25.8 Å². The van der Waals surface area contributed by atoms with E-state index in [9.17, 15) is 4.79 Å². The molecule has 0 atom stereocenters. The van der Waals surface area contributed by atoms with Gasteiger partial charge in [-0.15, -0.1) is 0 Å². The summed E-state index contributed by atoms with van der Waals surface area (Å²) in [6.07, 6.45) is 0.634. The van der Waals surface area contributed by atoms with Crippen molar-refractivity contribution in [2.24, 2.45) is 0 Å². The second-order valence-corrected chi connectivity index (χ2v) is 4.54. The van der Waals surface area contributed by atoms with Gasteiger partial charge in [-0.25, -0.2) is 5.43 Å². The summed E-state index contributed by atoms with van der Waals surface area (Å²) in [5, 5.41) is 1.72. The third kappa shape index (κ3) is 2.02. The highest BCUT2D eigenvalue weighted by Crippen LogP contribution is 2.28. The molecule has 1 aliphatic heterocycles. The maximum atomic E-state index is 11.3. The zero-order chi connectivity index (χ0) is 10.9. The standard InChI is InChI=1S/C12H16N2O/c1-12(2)8-11(15)14(12)13-9-10-6-4-3-5-7-10/h3-7,13H,8-9H2,1-2H3. The lowest BCUT2D eigenvalue weighted by Gasteiger charge is -2.47. The van der Waals surface area contributed by atoms with E-state index in [1.54, 1.807) is 5.01 Å². The molecule has 80 valence electrons. The number of amides is 1. The molecule has 0 unspecified atom stereocenters. The molecule has 0 bridgehead atoms. The predicted octanol–water partition coefficient (Wildman–Crippen LogP) is 1.70. The second-order valence-electron chi connectivity index (χ2n) is 4.54. The molecular weight excluding hydrogens is 188 g/mol. The van der Waals surface area contributed by atoms with E-state index in [2.05, 4.69) is 19.3 Å². The van der Waals surface area contributed by atoms with Crippen LogP contribution in [0.4, 0.5) is 0 Å². The molecule has 1 aromatic carbocycles. The molecule has 0 radical (unpaired) electrons. The first-order valence-corrected chi connectivity index (χ1v) is 5.20. The number of rotatable bonds is 3. The van der Waals surface area contributed by atoms with Crippen LogP contribution >= 0.6 is 0 Å². The first-order chi connectivity index (χ1) is 7.09. The predicted molar refractivity (Wildman–Crippen MR) is 58.8 cm³/mol.